The minimum Gasteiger partial charge on any atom is -0.394 e. The quantitative estimate of drug-likeness (QED) is 0.550. The molecule has 0 aromatic carbocycles. The molecule has 1 aliphatic rings. The van der Waals surface area contributed by atoms with Gasteiger partial charge in [-0.1, -0.05) is 20.8 Å². The van der Waals surface area contributed by atoms with Crippen LogP contribution in [0.3, 0.4) is 0 Å². The summed E-state index contributed by atoms with van der Waals surface area (Å²) in [6.07, 6.45) is -5.71. The molecule has 9 nitrogen and oxygen atoms in total. The maximum Gasteiger partial charge on any atom is 0.230 e. The number of ether oxygens (including phenoxy) is 2. The van der Waals surface area contributed by atoms with Gasteiger partial charge in [-0.15, -0.1) is 0 Å². The number of ketones is 1. The van der Waals surface area contributed by atoms with Crippen LogP contribution in [0.25, 0.3) is 0 Å². The number of aliphatic hydroxyl groups excluding tert-OH is 3. The topological polar surface area (TPSA) is 134 Å². The van der Waals surface area contributed by atoms with E-state index in [9.17, 15) is 29.7 Å². The zero-order valence-electron chi connectivity index (χ0n) is 15.8. The molecular weight excluding hydrogens is 346 g/mol. The van der Waals surface area contributed by atoms with E-state index in [1.807, 2.05) is 0 Å². The standard InChI is InChI=1S/C17H29NO8/c1-9(20)18(12(22)7-6-11(21)17(2,3)4)13-15(24)14(23)10(8-19)26-16(13)25-5/h10,13-16,19,23-24H,6-8H2,1-5H3. The van der Waals surface area contributed by atoms with Gasteiger partial charge >= 0.3 is 0 Å². The highest BCUT2D eigenvalue weighted by Crippen LogP contribution is 2.27. The highest BCUT2D eigenvalue weighted by Gasteiger charge is 2.49. The summed E-state index contributed by atoms with van der Waals surface area (Å²) in [7, 11) is 1.25. The van der Waals surface area contributed by atoms with E-state index in [-0.39, 0.29) is 18.6 Å². The first kappa shape index (κ1) is 22.7. The lowest BCUT2D eigenvalue weighted by Crippen LogP contribution is -2.66. The molecule has 0 bridgehead atoms. The lowest BCUT2D eigenvalue weighted by molar-refractivity contribution is -0.276. The van der Waals surface area contributed by atoms with Gasteiger partial charge in [0.2, 0.25) is 11.8 Å². The highest BCUT2D eigenvalue weighted by atomic mass is 16.7. The van der Waals surface area contributed by atoms with Gasteiger partial charge in [-0.2, -0.15) is 0 Å². The Hall–Kier alpha value is -1.39. The average Bonchev–Trinajstić information content (AvgIpc) is 2.55. The average molecular weight is 375 g/mol. The molecule has 9 heteroatoms. The maximum atomic E-state index is 12.6. The lowest BCUT2D eigenvalue weighted by Gasteiger charge is -2.45. The van der Waals surface area contributed by atoms with Crippen molar-refractivity contribution < 1.29 is 39.2 Å². The SMILES string of the molecule is COC1OC(CO)C(O)C(O)C1N(C(C)=O)C(=O)CCC(=O)C(C)(C)C. The highest BCUT2D eigenvalue weighted by molar-refractivity contribution is 5.96. The molecule has 0 radical (unpaired) electrons. The van der Waals surface area contributed by atoms with Crippen LogP contribution >= 0.6 is 0 Å². The van der Waals surface area contributed by atoms with Gasteiger partial charge in [0.05, 0.1) is 6.61 Å². The van der Waals surface area contributed by atoms with Gasteiger partial charge in [0, 0.05) is 32.3 Å². The van der Waals surface area contributed by atoms with Gasteiger partial charge in [0.25, 0.3) is 0 Å². The summed E-state index contributed by atoms with van der Waals surface area (Å²) in [6.45, 7) is 5.75. The number of nitrogens with zero attached hydrogens (tertiary/aromatic N) is 1. The molecule has 5 atom stereocenters. The predicted molar refractivity (Wildman–Crippen MR) is 89.8 cm³/mol. The first-order chi connectivity index (χ1) is 11.9. The van der Waals surface area contributed by atoms with Crippen LogP contribution < -0.4 is 0 Å². The molecule has 1 saturated heterocycles. The number of carbonyl (C=O) groups excluding carboxylic acids is 3. The fourth-order valence-corrected chi connectivity index (χ4v) is 2.80. The summed E-state index contributed by atoms with van der Waals surface area (Å²) in [6, 6.07) is -1.30. The van der Waals surface area contributed by atoms with E-state index >= 15 is 0 Å². The molecule has 1 rings (SSSR count). The number of methoxy groups -OCH3 is 1. The third kappa shape index (κ3) is 5.08. The largest absolute Gasteiger partial charge is 0.394 e. The van der Waals surface area contributed by atoms with Crippen molar-refractivity contribution in [3.8, 4) is 0 Å². The Morgan fingerprint density at radius 1 is 1.12 bits per heavy atom. The molecule has 5 unspecified atom stereocenters. The van der Waals surface area contributed by atoms with Crippen LogP contribution in [0.1, 0.15) is 40.5 Å². The summed E-state index contributed by atoms with van der Waals surface area (Å²) >= 11 is 0. The van der Waals surface area contributed by atoms with E-state index in [4.69, 9.17) is 9.47 Å². The number of aliphatic hydroxyl groups is 3. The monoisotopic (exact) mass is 375 g/mol. The van der Waals surface area contributed by atoms with Crippen LogP contribution in [0.4, 0.5) is 0 Å². The van der Waals surface area contributed by atoms with E-state index in [2.05, 4.69) is 0 Å². The molecule has 26 heavy (non-hydrogen) atoms. The molecule has 3 N–H and O–H groups in total. The van der Waals surface area contributed by atoms with E-state index < -0.39 is 54.5 Å². The fraction of sp³-hybridized carbons (Fsp3) is 0.824. The number of rotatable bonds is 6. The third-order valence-corrected chi connectivity index (χ3v) is 4.39. The maximum absolute atomic E-state index is 12.6. The van der Waals surface area contributed by atoms with E-state index in [0.717, 1.165) is 11.8 Å². The zero-order chi connectivity index (χ0) is 20.2. The van der Waals surface area contributed by atoms with Gasteiger partial charge in [-0.05, 0) is 0 Å². The molecule has 1 fully saturated rings. The second kappa shape index (κ2) is 9.01. The van der Waals surface area contributed by atoms with Crippen molar-refractivity contribution in [1.82, 2.24) is 4.90 Å². The second-order valence-corrected chi connectivity index (χ2v) is 7.39. The Morgan fingerprint density at radius 2 is 1.69 bits per heavy atom. The first-order valence-electron chi connectivity index (χ1n) is 8.46. The van der Waals surface area contributed by atoms with E-state index in [0.29, 0.717) is 0 Å². The van der Waals surface area contributed by atoms with Gasteiger partial charge in [0.15, 0.2) is 6.29 Å². The summed E-state index contributed by atoms with van der Waals surface area (Å²) in [4.78, 5) is 37.4. The fourth-order valence-electron chi connectivity index (χ4n) is 2.80. The number of amides is 2. The molecule has 1 aliphatic heterocycles. The summed E-state index contributed by atoms with van der Waals surface area (Å²) in [5.41, 5.74) is -0.617. The molecule has 0 aliphatic carbocycles. The number of hydrogen-bond acceptors (Lipinski definition) is 8. The summed E-state index contributed by atoms with van der Waals surface area (Å²) in [5, 5.41) is 29.7. The minimum atomic E-state index is -1.57. The number of carbonyl (C=O) groups is 3. The van der Waals surface area contributed by atoms with Crippen LogP contribution in [0.15, 0.2) is 0 Å². The zero-order valence-corrected chi connectivity index (χ0v) is 15.8. The van der Waals surface area contributed by atoms with Gasteiger partial charge in [-0.3, -0.25) is 19.3 Å². The van der Waals surface area contributed by atoms with E-state index in [1.54, 1.807) is 20.8 Å². The smallest absolute Gasteiger partial charge is 0.230 e. The van der Waals surface area contributed by atoms with E-state index in [1.165, 1.54) is 7.11 Å². The van der Waals surface area contributed by atoms with Gasteiger partial charge in [-0.25, -0.2) is 0 Å². The van der Waals surface area contributed by atoms with Crippen molar-refractivity contribution in [3.05, 3.63) is 0 Å². The molecule has 150 valence electrons. The molecule has 1 heterocycles. The third-order valence-electron chi connectivity index (χ3n) is 4.39. The Morgan fingerprint density at radius 3 is 2.12 bits per heavy atom. The lowest BCUT2D eigenvalue weighted by atomic mass is 9.88. The normalized spacial score (nSPS) is 29.3. The molecule has 2 amide bonds. The molecule has 0 aromatic rings. The Kier molecular flexibility index (Phi) is 7.85. The number of Topliss-reactive ketones (excluding diaryl/α,β-unsaturated/α-hetero) is 1. The van der Waals surface area contributed by atoms with Crippen LogP contribution in [-0.4, -0.2) is 82.2 Å². The Bertz CT molecular complexity index is 527. The number of imide groups is 1. The summed E-state index contributed by atoms with van der Waals surface area (Å²) < 4.78 is 10.4. The molecule has 0 saturated carbocycles. The van der Waals surface area contributed by atoms with Crippen molar-refractivity contribution in [3.63, 3.8) is 0 Å². The van der Waals surface area contributed by atoms with Gasteiger partial charge < -0.3 is 24.8 Å². The summed E-state index contributed by atoms with van der Waals surface area (Å²) in [5.74, 6) is -1.50. The predicted octanol–water partition coefficient (Wildman–Crippen LogP) is -0.789. The molecule has 0 spiro atoms. The second-order valence-electron chi connectivity index (χ2n) is 7.39. The van der Waals surface area contributed by atoms with Crippen LogP contribution in [0.5, 0.6) is 0 Å². The van der Waals surface area contributed by atoms with Crippen LogP contribution in [0, 0.1) is 5.41 Å². The number of hydrogen-bond donors (Lipinski definition) is 3. The van der Waals surface area contributed by atoms with Gasteiger partial charge in [0.1, 0.15) is 30.1 Å². The van der Waals surface area contributed by atoms with Crippen molar-refractivity contribution in [2.24, 2.45) is 5.41 Å². The van der Waals surface area contributed by atoms with Crippen molar-refractivity contribution in [1.29, 1.82) is 0 Å². The molecular formula is C17H29NO8. The Balaban J connectivity index is 3.01. The Labute approximate surface area is 152 Å². The van der Waals surface area contributed by atoms with Crippen LogP contribution in [-0.2, 0) is 23.9 Å². The van der Waals surface area contributed by atoms with Crippen LogP contribution in [0.2, 0.25) is 0 Å². The molecule has 0 aromatic heterocycles. The van der Waals surface area contributed by atoms with Crippen molar-refractivity contribution in [2.45, 2.75) is 71.2 Å². The minimum absolute atomic E-state index is 0.0603. The van der Waals surface area contributed by atoms with Crippen molar-refractivity contribution in [2.75, 3.05) is 13.7 Å². The van der Waals surface area contributed by atoms with Crippen molar-refractivity contribution >= 4 is 17.6 Å². The first-order valence-corrected chi connectivity index (χ1v) is 8.46.